The molecule has 0 aromatic carbocycles. The van der Waals surface area contributed by atoms with Crippen LogP contribution in [0.5, 0.6) is 0 Å². The Morgan fingerprint density at radius 1 is 1.50 bits per heavy atom. The number of hydrogen-bond donors (Lipinski definition) is 1. The zero-order valence-electron chi connectivity index (χ0n) is 6.47. The van der Waals surface area contributed by atoms with Crippen LogP contribution in [-0.4, -0.2) is 19.4 Å². The summed E-state index contributed by atoms with van der Waals surface area (Å²) in [6.07, 6.45) is 3.61. The highest BCUT2D eigenvalue weighted by atomic mass is 16.5. The number of rotatable bonds is 6. The topological polar surface area (TPSA) is 21.3 Å². The van der Waals surface area contributed by atoms with Crippen molar-refractivity contribution in [3.63, 3.8) is 0 Å². The molecule has 0 aromatic heterocycles. The Bertz CT molecular complexity index is 89.4. The number of nitrogens with one attached hydrogen (secondary N) is 1. The molecule has 0 bridgehead atoms. The van der Waals surface area contributed by atoms with E-state index < -0.39 is 0 Å². The minimum absolute atomic E-state index is 0.0796. The standard InChI is InChI=1S/C8H15NO/c1-4-6-9-8(3)10-7-5-2/h4-5,8-9H,1-2,6-7H2,3H3. The minimum Gasteiger partial charge on any atom is -0.360 e. The summed E-state index contributed by atoms with van der Waals surface area (Å²) in [5, 5.41) is 3.08. The van der Waals surface area contributed by atoms with E-state index >= 15 is 0 Å². The molecule has 1 atom stereocenters. The molecule has 0 spiro atoms. The molecular formula is C8H15NO. The largest absolute Gasteiger partial charge is 0.360 e. The monoisotopic (exact) mass is 141 g/mol. The summed E-state index contributed by atoms with van der Waals surface area (Å²) >= 11 is 0. The lowest BCUT2D eigenvalue weighted by Crippen LogP contribution is -2.28. The average Bonchev–Trinajstić information content (AvgIpc) is 1.97. The van der Waals surface area contributed by atoms with Crippen molar-refractivity contribution in [1.29, 1.82) is 0 Å². The van der Waals surface area contributed by atoms with Crippen molar-refractivity contribution in [1.82, 2.24) is 5.32 Å². The molecule has 2 heteroatoms. The van der Waals surface area contributed by atoms with Gasteiger partial charge in [-0.2, -0.15) is 0 Å². The fourth-order valence-electron chi connectivity index (χ4n) is 0.521. The third-order valence-electron chi connectivity index (χ3n) is 1.01. The molecule has 10 heavy (non-hydrogen) atoms. The first-order chi connectivity index (χ1) is 4.81. The quantitative estimate of drug-likeness (QED) is 0.445. The van der Waals surface area contributed by atoms with E-state index in [1.54, 1.807) is 12.2 Å². The van der Waals surface area contributed by atoms with E-state index in [2.05, 4.69) is 18.5 Å². The summed E-state index contributed by atoms with van der Waals surface area (Å²) in [6.45, 7) is 10.4. The average molecular weight is 141 g/mol. The van der Waals surface area contributed by atoms with Gasteiger partial charge in [-0.05, 0) is 6.92 Å². The normalized spacial score (nSPS) is 12.5. The van der Waals surface area contributed by atoms with Crippen LogP contribution in [0.1, 0.15) is 6.92 Å². The van der Waals surface area contributed by atoms with E-state index in [4.69, 9.17) is 4.74 Å². The molecule has 0 saturated heterocycles. The van der Waals surface area contributed by atoms with Gasteiger partial charge >= 0.3 is 0 Å². The van der Waals surface area contributed by atoms with Crippen molar-refractivity contribution in [2.45, 2.75) is 13.2 Å². The maximum atomic E-state index is 5.22. The summed E-state index contributed by atoms with van der Waals surface area (Å²) in [7, 11) is 0. The number of ether oxygens (including phenoxy) is 1. The summed E-state index contributed by atoms with van der Waals surface area (Å²) in [6, 6.07) is 0. The van der Waals surface area contributed by atoms with Crippen molar-refractivity contribution in [3.05, 3.63) is 25.3 Å². The van der Waals surface area contributed by atoms with Gasteiger partial charge in [0.05, 0.1) is 6.61 Å². The Kier molecular flexibility index (Phi) is 6.13. The summed E-state index contributed by atoms with van der Waals surface area (Å²) in [5.41, 5.74) is 0. The minimum atomic E-state index is 0.0796. The lowest BCUT2D eigenvalue weighted by Gasteiger charge is -2.11. The van der Waals surface area contributed by atoms with E-state index in [0.717, 1.165) is 6.54 Å². The molecule has 0 aliphatic rings. The second kappa shape index (κ2) is 6.52. The predicted octanol–water partition coefficient (Wildman–Crippen LogP) is 1.31. The van der Waals surface area contributed by atoms with Gasteiger partial charge in [0, 0.05) is 6.54 Å². The second-order valence-corrected chi connectivity index (χ2v) is 1.96. The molecule has 0 fully saturated rings. The van der Waals surface area contributed by atoms with E-state index in [1.165, 1.54) is 0 Å². The van der Waals surface area contributed by atoms with Crippen LogP contribution in [-0.2, 0) is 4.74 Å². The van der Waals surface area contributed by atoms with Crippen molar-refractivity contribution in [2.24, 2.45) is 0 Å². The summed E-state index contributed by atoms with van der Waals surface area (Å²) < 4.78 is 5.22. The van der Waals surface area contributed by atoms with E-state index in [-0.39, 0.29) is 6.23 Å². The highest BCUT2D eigenvalue weighted by Gasteiger charge is 1.94. The van der Waals surface area contributed by atoms with Crippen molar-refractivity contribution < 1.29 is 4.74 Å². The first-order valence-electron chi connectivity index (χ1n) is 3.38. The van der Waals surface area contributed by atoms with Crippen LogP contribution in [0.15, 0.2) is 25.3 Å². The van der Waals surface area contributed by atoms with E-state index in [9.17, 15) is 0 Å². The molecule has 2 nitrogen and oxygen atoms in total. The molecule has 0 heterocycles. The van der Waals surface area contributed by atoms with Crippen LogP contribution >= 0.6 is 0 Å². The van der Waals surface area contributed by atoms with Crippen LogP contribution in [0.3, 0.4) is 0 Å². The van der Waals surface area contributed by atoms with Gasteiger partial charge in [0.25, 0.3) is 0 Å². The van der Waals surface area contributed by atoms with Crippen molar-refractivity contribution in [3.8, 4) is 0 Å². The Hall–Kier alpha value is -0.600. The smallest absolute Gasteiger partial charge is 0.105 e. The van der Waals surface area contributed by atoms with Gasteiger partial charge in [0.1, 0.15) is 6.23 Å². The molecule has 0 radical (unpaired) electrons. The van der Waals surface area contributed by atoms with Gasteiger partial charge in [-0.25, -0.2) is 0 Å². The molecule has 0 aliphatic heterocycles. The van der Waals surface area contributed by atoms with Crippen LogP contribution < -0.4 is 5.32 Å². The highest BCUT2D eigenvalue weighted by molar-refractivity contribution is 4.71. The zero-order valence-corrected chi connectivity index (χ0v) is 6.47. The fourth-order valence-corrected chi connectivity index (χ4v) is 0.521. The zero-order chi connectivity index (χ0) is 7.82. The third-order valence-corrected chi connectivity index (χ3v) is 1.01. The molecule has 1 unspecified atom stereocenters. The summed E-state index contributed by atoms with van der Waals surface area (Å²) in [5.74, 6) is 0. The Morgan fingerprint density at radius 2 is 2.20 bits per heavy atom. The third kappa shape index (κ3) is 5.54. The lowest BCUT2D eigenvalue weighted by molar-refractivity contribution is 0.0657. The van der Waals surface area contributed by atoms with Crippen molar-refractivity contribution in [2.75, 3.05) is 13.2 Å². The van der Waals surface area contributed by atoms with Gasteiger partial charge in [0.2, 0.25) is 0 Å². The van der Waals surface area contributed by atoms with Crippen LogP contribution in [0, 0.1) is 0 Å². The van der Waals surface area contributed by atoms with Crippen LogP contribution in [0.25, 0.3) is 0 Å². The molecule has 1 N–H and O–H groups in total. The first kappa shape index (κ1) is 9.40. The van der Waals surface area contributed by atoms with E-state index in [1.807, 2.05) is 6.92 Å². The SMILES string of the molecule is C=CCNC(C)OCC=C. The maximum absolute atomic E-state index is 5.22. The maximum Gasteiger partial charge on any atom is 0.105 e. The Labute approximate surface area is 62.6 Å². The molecule has 58 valence electrons. The summed E-state index contributed by atoms with van der Waals surface area (Å²) in [4.78, 5) is 0. The second-order valence-electron chi connectivity index (χ2n) is 1.96. The van der Waals surface area contributed by atoms with Gasteiger partial charge in [0.15, 0.2) is 0 Å². The molecule has 0 aliphatic carbocycles. The van der Waals surface area contributed by atoms with Crippen LogP contribution in [0.4, 0.5) is 0 Å². The van der Waals surface area contributed by atoms with Gasteiger partial charge in [-0.3, -0.25) is 5.32 Å². The molecule has 0 amide bonds. The van der Waals surface area contributed by atoms with E-state index in [0.29, 0.717) is 6.61 Å². The molecule has 0 rings (SSSR count). The lowest BCUT2D eigenvalue weighted by atomic mass is 10.5. The molecular weight excluding hydrogens is 126 g/mol. The predicted molar refractivity (Wildman–Crippen MR) is 43.8 cm³/mol. The van der Waals surface area contributed by atoms with Gasteiger partial charge < -0.3 is 4.74 Å². The van der Waals surface area contributed by atoms with Gasteiger partial charge in [-0.1, -0.05) is 12.2 Å². The highest BCUT2D eigenvalue weighted by Crippen LogP contribution is 1.84. The molecule has 0 saturated carbocycles. The first-order valence-corrected chi connectivity index (χ1v) is 3.38. The van der Waals surface area contributed by atoms with Gasteiger partial charge in [-0.15, -0.1) is 13.2 Å². The van der Waals surface area contributed by atoms with Crippen molar-refractivity contribution >= 4 is 0 Å². The van der Waals surface area contributed by atoms with Crippen LogP contribution in [0.2, 0.25) is 0 Å². The fraction of sp³-hybridized carbons (Fsp3) is 0.500. The number of hydrogen-bond acceptors (Lipinski definition) is 2. The Balaban J connectivity index is 3.15. The Morgan fingerprint density at radius 3 is 2.70 bits per heavy atom. The molecule has 0 aromatic rings.